The number of piperazine rings is 1. The normalized spacial score (nSPS) is 16.6. The topological polar surface area (TPSA) is 54.0 Å². The number of fused-ring (bicyclic) bond motifs is 1. The second-order valence-electron chi connectivity index (χ2n) is 6.70. The van der Waals surface area contributed by atoms with E-state index in [1.807, 2.05) is 48.2 Å². The fourth-order valence-corrected chi connectivity index (χ4v) is 3.31. The van der Waals surface area contributed by atoms with Crippen molar-refractivity contribution in [2.24, 2.45) is 0 Å². The van der Waals surface area contributed by atoms with Crippen molar-refractivity contribution in [3.8, 4) is 11.5 Å². The first kappa shape index (κ1) is 16.7. The zero-order chi connectivity index (χ0) is 17.9. The lowest BCUT2D eigenvalue weighted by Gasteiger charge is -2.34. The average Bonchev–Trinajstić information content (AvgIpc) is 3.12. The van der Waals surface area contributed by atoms with Gasteiger partial charge in [-0.2, -0.15) is 0 Å². The van der Waals surface area contributed by atoms with Crippen LogP contribution >= 0.6 is 0 Å². The van der Waals surface area contributed by atoms with Crippen molar-refractivity contribution in [1.82, 2.24) is 9.80 Å². The standard InChI is InChI=1S/C20H23N3O3/c1-15-4-2-3-5-17(15)21-20(24)23-10-8-22(9-11-23)13-16-6-7-18-19(12-16)26-14-25-18/h2-7,12H,8-11,13-14H2,1H3,(H,21,24). The van der Waals surface area contributed by atoms with Crippen molar-refractivity contribution < 1.29 is 14.3 Å². The molecule has 2 aliphatic heterocycles. The van der Waals surface area contributed by atoms with E-state index in [1.54, 1.807) is 0 Å². The van der Waals surface area contributed by atoms with Crippen molar-refractivity contribution in [3.05, 3.63) is 53.6 Å². The van der Waals surface area contributed by atoms with Gasteiger partial charge in [0.05, 0.1) is 0 Å². The van der Waals surface area contributed by atoms with Gasteiger partial charge >= 0.3 is 6.03 Å². The van der Waals surface area contributed by atoms with Gasteiger partial charge in [-0.05, 0) is 36.2 Å². The van der Waals surface area contributed by atoms with E-state index in [-0.39, 0.29) is 6.03 Å². The molecule has 2 aromatic carbocycles. The zero-order valence-electron chi connectivity index (χ0n) is 14.9. The second-order valence-corrected chi connectivity index (χ2v) is 6.70. The Hall–Kier alpha value is -2.73. The van der Waals surface area contributed by atoms with Crippen LogP contribution in [0.4, 0.5) is 10.5 Å². The molecule has 4 rings (SSSR count). The molecular formula is C20H23N3O3. The maximum Gasteiger partial charge on any atom is 0.321 e. The summed E-state index contributed by atoms with van der Waals surface area (Å²) in [6.07, 6.45) is 0. The van der Waals surface area contributed by atoms with Gasteiger partial charge in [0.1, 0.15) is 0 Å². The molecule has 0 spiro atoms. The lowest BCUT2D eigenvalue weighted by Crippen LogP contribution is -2.49. The molecule has 1 N–H and O–H groups in total. The summed E-state index contributed by atoms with van der Waals surface area (Å²) in [6, 6.07) is 13.9. The summed E-state index contributed by atoms with van der Waals surface area (Å²) < 4.78 is 10.8. The minimum atomic E-state index is -0.0259. The molecule has 6 heteroatoms. The molecule has 0 unspecified atom stereocenters. The van der Waals surface area contributed by atoms with Gasteiger partial charge in [0, 0.05) is 38.4 Å². The predicted octanol–water partition coefficient (Wildman–Crippen LogP) is 3.07. The molecule has 2 aliphatic rings. The number of carbonyl (C=O) groups excluding carboxylic acids is 1. The van der Waals surface area contributed by atoms with Crippen LogP contribution in [0.5, 0.6) is 11.5 Å². The van der Waals surface area contributed by atoms with Gasteiger partial charge < -0.3 is 19.7 Å². The highest BCUT2D eigenvalue weighted by molar-refractivity contribution is 5.90. The van der Waals surface area contributed by atoms with Crippen LogP contribution in [-0.2, 0) is 6.54 Å². The molecule has 26 heavy (non-hydrogen) atoms. The molecule has 6 nitrogen and oxygen atoms in total. The molecule has 0 atom stereocenters. The number of rotatable bonds is 3. The third kappa shape index (κ3) is 3.60. The summed E-state index contributed by atoms with van der Waals surface area (Å²) in [6.45, 7) is 6.31. The van der Waals surface area contributed by atoms with Gasteiger partial charge in [0.25, 0.3) is 0 Å². The first-order valence-corrected chi connectivity index (χ1v) is 8.91. The monoisotopic (exact) mass is 353 g/mol. The third-order valence-corrected chi connectivity index (χ3v) is 4.89. The Labute approximate surface area is 153 Å². The number of aryl methyl sites for hydroxylation is 1. The average molecular weight is 353 g/mol. The van der Waals surface area contributed by atoms with E-state index >= 15 is 0 Å². The number of urea groups is 1. The Morgan fingerprint density at radius 3 is 2.62 bits per heavy atom. The zero-order valence-corrected chi connectivity index (χ0v) is 14.9. The number of benzene rings is 2. The van der Waals surface area contributed by atoms with E-state index in [4.69, 9.17) is 9.47 Å². The smallest absolute Gasteiger partial charge is 0.321 e. The number of ether oxygens (including phenoxy) is 2. The molecule has 0 saturated carbocycles. The number of carbonyl (C=O) groups is 1. The SMILES string of the molecule is Cc1ccccc1NC(=O)N1CCN(Cc2ccc3c(c2)OCO3)CC1. The number of nitrogens with one attached hydrogen (secondary N) is 1. The maximum atomic E-state index is 12.5. The number of hydrogen-bond acceptors (Lipinski definition) is 4. The molecule has 0 aromatic heterocycles. The fourth-order valence-electron chi connectivity index (χ4n) is 3.31. The molecule has 2 aromatic rings. The Morgan fingerprint density at radius 2 is 1.81 bits per heavy atom. The lowest BCUT2D eigenvalue weighted by atomic mass is 10.1. The van der Waals surface area contributed by atoms with E-state index in [0.29, 0.717) is 6.79 Å². The first-order chi connectivity index (χ1) is 12.7. The highest BCUT2D eigenvalue weighted by Gasteiger charge is 2.22. The lowest BCUT2D eigenvalue weighted by molar-refractivity contribution is 0.143. The van der Waals surface area contributed by atoms with E-state index in [0.717, 1.165) is 55.5 Å². The molecular weight excluding hydrogens is 330 g/mol. The molecule has 2 heterocycles. The summed E-state index contributed by atoms with van der Waals surface area (Å²) in [5, 5.41) is 3.01. The summed E-state index contributed by atoms with van der Waals surface area (Å²) in [7, 11) is 0. The van der Waals surface area contributed by atoms with Crippen molar-refractivity contribution >= 4 is 11.7 Å². The Bertz CT molecular complexity index is 801. The van der Waals surface area contributed by atoms with Gasteiger partial charge in [-0.3, -0.25) is 4.90 Å². The van der Waals surface area contributed by atoms with Crippen molar-refractivity contribution in [2.75, 3.05) is 38.3 Å². The van der Waals surface area contributed by atoms with Gasteiger partial charge in [-0.15, -0.1) is 0 Å². The molecule has 2 amide bonds. The van der Waals surface area contributed by atoms with Crippen LogP contribution in [0.1, 0.15) is 11.1 Å². The minimum absolute atomic E-state index is 0.0259. The Kier molecular flexibility index (Phi) is 4.67. The van der Waals surface area contributed by atoms with Crippen LogP contribution in [0, 0.1) is 6.92 Å². The number of hydrogen-bond donors (Lipinski definition) is 1. The Morgan fingerprint density at radius 1 is 1.04 bits per heavy atom. The molecule has 1 saturated heterocycles. The van der Waals surface area contributed by atoms with E-state index in [2.05, 4.69) is 16.3 Å². The molecule has 136 valence electrons. The number of amides is 2. The quantitative estimate of drug-likeness (QED) is 0.921. The molecule has 0 aliphatic carbocycles. The molecule has 0 bridgehead atoms. The van der Waals surface area contributed by atoms with E-state index < -0.39 is 0 Å². The molecule has 0 radical (unpaired) electrons. The summed E-state index contributed by atoms with van der Waals surface area (Å²) >= 11 is 0. The van der Waals surface area contributed by atoms with Crippen molar-refractivity contribution in [2.45, 2.75) is 13.5 Å². The van der Waals surface area contributed by atoms with E-state index in [9.17, 15) is 4.79 Å². The summed E-state index contributed by atoms with van der Waals surface area (Å²) in [5.41, 5.74) is 3.15. The number of para-hydroxylation sites is 1. The number of anilines is 1. The minimum Gasteiger partial charge on any atom is -0.454 e. The number of nitrogens with zero attached hydrogens (tertiary/aromatic N) is 2. The van der Waals surface area contributed by atoms with Gasteiger partial charge in [-0.1, -0.05) is 24.3 Å². The third-order valence-electron chi connectivity index (χ3n) is 4.89. The van der Waals surface area contributed by atoms with Gasteiger partial charge in [0.15, 0.2) is 11.5 Å². The largest absolute Gasteiger partial charge is 0.454 e. The van der Waals surface area contributed by atoms with Crippen LogP contribution in [-0.4, -0.2) is 48.8 Å². The van der Waals surface area contributed by atoms with Crippen LogP contribution in [0.2, 0.25) is 0 Å². The maximum absolute atomic E-state index is 12.5. The van der Waals surface area contributed by atoms with Crippen molar-refractivity contribution in [3.63, 3.8) is 0 Å². The van der Waals surface area contributed by atoms with Gasteiger partial charge in [0.2, 0.25) is 6.79 Å². The van der Waals surface area contributed by atoms with E-state index in [1.165, 1.54) is 5.56 Å². The van der Waals surface area contributed by atoms with Crippen LogP contribution in [0.15, 0.2) is 42.5 Å². The summed E-state index contributed by atoms with van der Waals surface area (Å²) in [5.74, 6) is 1.63. The highest BCUT2D eigenvalue weighted by Crippen LogP contribution is 2.32. The second kappa shape index (κ2) is 7.25. The highest BCUT2D eigenvalue weighted by atomic mass is 16.7. The van der Waals surface area contributed by atoms with Crippen LogP contribution in [0.3, 0.4) is 0 Å². The summed E-state index contributed by atoms with van der Waals surface area (Å²) in [4.78, 5) is 16.7. The van der Waals surface area contributed by atoms with Crippen LogP contribution in [0.25, 0.3) is 0 Å². The first-order valence-electron chi connectivity index (χ1n) is 8.91. The Balaban J connectivity index is 1.30. The predicted molar refractivity (Wildman–Crippen MR) is 99.6 cm³/mol. The molecule has 1 fully saturated rings. The van der Waals surface area contributed by atoms with Crippen LogP contribution < -0.4 is 14.8 Å². The van der Waals surface area contributed by atoms with Gasteiger partial charge in [-0.25, -0.2) is 4.79 Å². The van der Waals surface area contributed by atoms with Crippen molar-refractivity contribution in [1.29, 1.82) is 0 Å². The fraction of sp³-hybridized carbons (Fsp3) is 0.350.